The maximum absolute atomic E-state index is 14.8. The quantitative estimate of drug-likeness (QED) is 0.242. The Labute approximate surface area is 249 Å². The van der Waals surface area contributed by atoms with Gasteiger partial charge in [-0.3, -0.25) is 14.6 Å². The first-order valence-electron chi connectivity index (χ1n) is 12.9. The predicted octanol–water partition coefficient (Wildman–Crippen LogP) is 6.54. The van der Waals surface area contributed by atoms with Crippen LogP contribution in [-0.4, -0.2) is 49.0 Å². The number of rotatable bonds is 5. The molecule has 0 aliphatic carbocycles. The molecule has 44 heavy (non-hydrogen) atoms. The standard InChI is InChI=1S/C28H21ClF7N5O3/c1-26-8-3-9-41(26)40(12-14-4-2-5-17(29)22(14)30)25(44)21(23(26)42)24(43)39-18-7-6-15(27(31,32)33)10-16(18)19-11-20(28(34,35)36)38-13-37-19/h2,4-7,10-11,13,42H,3,8-9,12H2,1H3,(H,39,43)/t26-/m1/s1. The number of aliphatic hydroxyl groups is 1. The summed E-state index contributed by atoms with van der Waals surface area (Å²) < 4.78 is 95.4. The van der Waals surface area contributed by atoms with E-state index in [2.05, 4.69) is 15.3 Å². The lowest BCUT2D eigenvalue weighted by molar-refractivity contribution is -0.160. The first kappa shape index (κ1) is 31.2. The number of halogens is 8. The molecule has 0 saturated carbocycles. The van der Waals surface area contributed by atoms with E-state index < -0.39 is 75.1 Å². The van der Waals surface area contributed by atoms with E-state index in [4.69, 9.17) is 11.6 Å². The zero-order valence-electron chi connectivity index (χ0n) is 22.5. The summed E-state index contributed by atoms with van der Waals surface area (Å²) in [5, 5.41) is 15.8. The molecular formula is C28H21ClF7N5O3. The Morgan fingerprint density at radius 2 is 1.82 bits per heavy atom. The lowest BCUT2D eigenvalue weighted by atomic mass is 9.90. The molecule has 1 aromatic heterocycles. The Morgan fingerprint density at radius 3 is 2.50 bits per heavy atom. The van der Waals surface area contributed by atoms with Crippen LogP contribution in [0.15, 0.2) is 60.1 Å². The Balaban J connectivity index is 1.57. The van der Waals surface area contributed by atoms with Crippen LogP contribution in [0.4, 0.5) is 36.4 Å². The monoisotopic (exact) mass is 643 g/mol. The number of benzene rings is 2. The van der Waals surface area contributed by atoms with Gasteiger partial charge in [0.2, 0.25) is 0 Å². The number of aliphatic hydroxyl groups excluding tert-OH is 1. The fraction of sp³-hybridized carbons (Fsp3) is 0.286. The summed E-state index contributed by atoms with van der Waals surface area (Å²) in [5.74, 6) is -3.74. The van der Waals surface area contributed by atoms with Crippen molar-refractivity contribution in [2.24, 2.45) is 0 Å². The summed E-state index contributed by atoms with van der Waals surface area (Å²) in [6.45, 7) is 1.44. The molecule has 3 heterocycles. The van der Waals surface area contributed by atoms with E-state index in [9.17, 15) is 45.4 Å². The molecule has 1 fully saturated rings. The zero-order valence-corrected chi connectivity index (χ0v) is 23.3. The average Bonchev–Trinajstić information content (AvgIpc) is 3.35. The summed E-state index contributed by atoms with van der Waals surface area (Å²) in [5.41, 5.74) is -6.35. The van der Waals surface area contributed by atoms with E-state index in [1.54, 1.807) is 6.92 Å². The summed E-state index contributed by atoms with van der Waals surface area (Å²) in [4.78, 5) is 34.1. The van der Waals surface area contributed by atoms with Gasteiger partial charge in [-0.25, -0.2) is 19.4 Å². The van der Waals surface area contributed by atoms with Gasteiger partial charge in [0.25, 0.3) is 11.8 Å². The number of hydrogen-bond acceptors (Lipinski definition) is 6. The fourth-order valence-electron chi connectivity index (χ4n) is 5.27. The SMILES string of the molecule is C[C@]12CCCN1N(Cc1cccc(Cl)c1F)C(=O)C(C(=O)Nc1ccc(C(F)(F)F)cc1-c1cc(C(F)(F)F)ncn1)=C2O. The largest absolute Gasteiger partial charge is 0.509 e. The van der Waals surface area contributed by atoms with Gasteiger partial charge in [-0.1, -0.05) is 23.7 Å². The van der Waals surface area contributed by atoms with Crippen LogP contribution in [-0.2, 0) is 28.5 Å². The minimum absolute atomic E-state index is 0.00973. The second-order valence-electron chi connectivity index (χ2n) is 10.3. The molecule has 5 rings (SSSR count). The van der Waals surface area contributed by atoms with E-state index in [0.29, 0.717) is 30.9 Å². The van der Waals surface area contributed by atoms with E-state index in [-0.39, 0.29) is 30.1 Å². The minimum atomic E-state index is -4.96. The van der Waals surface area contributed by atoms with Crippen LogP contribution in [0, 0.1) is 5.82 Å². The highest BCUT2D eigenvalue weighted by molar-refractivity contribution is 6.30. The van der Waals surface area contributed by atoms with Crippen molar-refractivity contribution >= 4 is 29.1 Å². The summed E-state index contributed by atoms with van der Waals surface area (Å²) >= 11 is 5.89. The topological polar surface area (TPSA) is 98.7 Å². The third-order valence-electron chi connectivity index (χ3n) is 7.50. The molecule has 0 bridgehead atoms. The molecule has 2 amide bonds. The maximum Gasteiger partial charge on any atom is 0.433 e. The number of nitrogens with one attached hydrogen (secondary N) is 1. The molecule has 232 valence electrons. The molecule has 3 aromatic rings. The van der Waals surface area contributed by atoms with E-state index >= 15 is 0 Å². The number of aromatic nitrogens is 2. The number of hydrazine groups is 1. The number of nitrogens with zero attached hydrogens (tertiary/aromatic N) is 4. The molecule has 2 N–H and O–H groups in total. The number of hydrogen-bond donors (Lipinski definition) is 2. The molecule has 2 aliphatic rings. The highest BCUT2D eigenvalue weighted by atomic mass is 35.5. The van der Waals surface area contributed by atoms with Gasteiger partial charge >= 0.3 is 12.4 Å². The number of alkyl halides is 6. The minimum Gasteiger partial charge on any atom is -0.509 e. The van der Waals surface area contributed by atoms with Crippen LogP contribution >= 0.6 is 11.6 Å². The van der Waals surface area contributed by atoms with Crippen molar-refractivity contribution in [2.75, 3.05) is 11.9 Å². The van der Waals surface area contributed by atoms with Crippen molar-refractivity contribution in [2.45, 2.75) is 44.2 Å². The van der Waals surface area contributed by atoms with Crippen LogP contribution in [0.5, 0.6) is 0 Å². The molecule has 0 spiro atoms. The third kappa shape index (κ3) is 5.56. The Morgan fingerprint density at radius 1 is 1.09 bits per heavy atom. The maximum atomic E-state index is 14.8. The predicted molar refractivity (Wildman–Crippen MR) is 142 cm³/mol. The Bertz CT molecular complexity index is 1690. The average molecular weight is 644 g/mol. The molecular weight excluding hydrogens is 623 g/mol. The van der Waals surface area contributed by atoms with E-state index in [1.165, 1.54) is 23.2 Å². The van der Waals surface area contributed by atoms with Crippen LogP contribution in [0.1, 0.15) is 36.6 Å². The van der Waals surface area contributed by atoms with Crippen LogP contribution < -0.4 is 5.32 Å². The molecule has 1 saturated heterocycles. The number of fused-ring (bicyclic) bond motifs is 1. The smallest absolute Gasteiger partial charge is 0.433 e. The molecule has 0 unspecified atom stereocenters. The highest BCUT2D eigenvalue weighted by Crippen LogP contribution is 2.43. The van der Waals surface area contributed by atoms with Crippen molar-refractivity contribution < 1.29 is 45.4 Å². The van der Waals surface area contributed by atoms with E-state index in [1.807, 2.05) is 0 Å². The second-order valence-corrected chi connectivity index (χ2v) is 10.7. The van der Waals surface area contributed by atoms with Gasteiger partial charge in [-0.2, -0.15) is 26.3 Å². The highest BCUT2D eigenvalue weighted by Gasteiger charge is 2.52. The van der Waals surface area contributed by atoms with Gasteiger partial charge in [0.15, 0.2) is 0 Å². The molecule has 2 aromatic carbocycles. The first-order chi connectivity index (χ1) is 20.5. The Hall–Kier alpha value is -4.24. The fourth-order valence-corrected chi connectivity index (χ4v) is 5.46. The first-order valence-corrected chi connectivity index (χ1v) is 13.3. The zero-order chi connectivity index (χ0) is 32.2. The molecule has 2 aliphatic heterocycles. The lowest BCUT2D eigenvalue weighted by Gasteiger charge is -2.46. The van der Waals surface area contributed by atoms with Crippen LogP contribution in [0.2, 0.25) is 5.02 Å². The van der Waals surface area contributed by atoms with Crippen LogP contribution in [0.3, 0.4) is 0 Å². The van der Waals surface area contributed by atoms with Gasteiger partial charge in [0, 0.05) is 17.7 Å². The molecule has 16 heteroatoms. The van der Waals surface area contributed by atoms with E-state index in [0.717, 1.165) is 11.1 Å². The van der Waals surface area contributed by atoms with Gasteiger partial charge in [-0.15, -0.1) is 0 Å². The third-order valence-corrected chi connectivity index (χ3v) is 7.79. The molecule has 0 radical (unpaired) electrons. The molecule has 1 atom stereocenters. The van der Waals surface area contributed by atoms with Crippen molar-refractivity contribution in [3.8, 4) is 11.3 Å². The van der Waals surface area contributed by atoms with Crippen molar-refractivity contribution in [3.05, 3.63) is 87.8 Å². The summed E-state index contributed by atoms with van der Waals surface area (Å²) in [7, 11) is 0. The number of anilines is 1. The van der Waals surface area contributed by atoms with Gasteiger partial charge < -0.3 is 10.4 Å². The number of carbonyl (C=O) groups excluding carboxylic acids is 2. The van der Waals surface area contributed by atoms with Crippen molar-refractivity contribution in [1.82, 2.24) is 20.0 Å². The number of carbonyl (C=O) groups is 2. The van der Waals surface area contributed by atoms with Crippen LogP contribution in [0.25, 0.3) is 11.3 Å². The summed E-state index contributed by atoms with van der Waals surface area (Å²) in [6, 6.07) is 6.42. The van der Waals surface area contributed by atoms with Crippen molar-refractivity contribution in [3.63, 3.8) is 0 Å². The van der Waals surface area contributed by atoms with Gasteiger partial charge in [-0.05, 0) is 50.1 Å². The normalized spacial score (nSPS) is 19.4. The Kier molecular flexibility index (Phi) is 7.82. The van der Waals surface area contributed by atoms with Gasteiger partial charge in [0.05, 0.1) is 34.1 Å². The second kappa shape index (κ2) is 11.0. The summed E-state index contributed by atoms with van der Waals surface area (Å²) in [6.07, 6.45) is -8.60. The molecule has 8 nitrogen and oxygen atoms in total. The van der Waals surface area contributed by atoms with Gasteiger partial charge in [0.1, 0.15) is 29.2 Å². The lowest BCUT2D eigenvalue weighted by Crippen LogP contribution is -2.60. The van der Waals surface area contributed by atoms with Crippen molar-refractivity contribution in [1.29, 1.82) is 0 Å². The number of amides is 2.